The molecule has 3 fully saturated rings. The van der Waals surface area contributed by atoms with E-state index in [1.807, 2.05) is 18.2 Å². The molecule has 4 N–H and O–H groups in total. The van der Waals surface area contributed by atoms with Crippen LogP contribution in [0.15, 0.2) is 24.3 Å². The molecule has 3 heterocycles. The van der Waals surface area contributed by atoms with E-state index in [1.54, 1.807) is 0 Å². The van der Waals surface area contributed by atoms with Crippen molar-refractivity contribution in [2.24, 2.45) is 17.8 Å². The summed E-state index contributed by atoms with van der Waals surface area (Å²) in [5, 5.41) is 10.8. The molecule has 1 aliphatic carbocycles. The van der Waals surface area contributed by atoms with E-state index in [0.717, 1.165) is 55.4 Å². The van der Waals surface area contributed by atoms with Gasteiger partial charge in [-0.25, -0.2) is 0 Å². The van der Waals surface area contributed by atoms with Crippen LogP contribution in [0.2, 0.25) is 0 Å². The van der Waals surface area contributed by atoms with E-state index in [9.17, 15) is 9.59 Å². The van der Waals surface area contributed by atoms with Crippen molar-refractivity contribution in [3.05, 3.63) is 35.5 Å². The first-order valence-corrected chi connectivity index (χ1v) is 12.0. The predicted molar refractivity (Wildman–Crippen MR) is 126 cm³/mol. The van der Waals surface area contributed by atoms with Crippen molar-refractivity contribution >= 4 is 22.7 Å². The molecule has 2 amide bonds. The molecule has 0 bridgehead atoms. The number of aromatic amines is 1. The second-order valence-electron chi connectivity index (χ2n) is 10.3. The summed E-state index contributed by atoms with van der Waals surface area (Å²) in [6.07, 6.45) is 3.19. The Bertz CT molecular complexity index is 997. The standard InChI is InChI=1S/C25H35N5O2/c1-14-5-4-6-17-10-20(28-21(14)17)25(32)29-22(16-7-8-16)23-15(2)9-18(13-30(23)3)24(31)27-19-11-26-12-19/h4-6,10,15-16,18-19,22-23,26,28H,7-9,11-13H2,1-3H3,(H,27,31)(H,29,32). The maximum Gasteiger partial charge on any atom is 0.268 e. The average molecular weight is 438 g/mol. The van der Waals surface area contributed by atoms with Gasteiger partial charge in [0.25, 0.3) is 5.91 Å². The van der Waals surface area contributed by atoms with Crippen molar-refractivity contribution in [3.8, 4) is 0 Å². The molecule has 5 rings (SSSR count). The molecule has 0 spiro atoms. The third-order valence-electron chi connectivity index (χ3n) is 7.66. The van der Waals surface area contributed by atoms with Crippen molar-refractivity contribution in [2.45, 2.75) is 51.2 Å². The Kier molecular flexibility index (Phi) is 5.72. The summed E-state index contributed by atoms with van der Waals surface area (Å²) in [7, 11) is 2.11. The smallest absolute Gasteiger partial charge is 0.268 e. The molecule has 2 aromatic rings. The van der Waals surface area contributed by atoms with Crippen molar-refractivity contribution in [3.63, 3.8) is 0 Å². The number of hydrogen-bond acceptors (Lipinski definition) is 4. The summed E-state index contributed by atoms with van der Waals surface area (Å²) >= 11 is 0. The number of aromatic nitrogens is 1. The minimum atomic E-state index is -0.0320. The van der Waals surface area contributed by atoms with Crippen LogP contribution in [-0.2, 0) is 4.79 Å². The molecule has 2 saturated heterocycles. The fraction of sp³-hybridized carbons (Fsp3) is 0.600. The van der Waals surface area contributed by atoms with Gasteiger partial charge in [-0.2, -0.15) is 0 Å². The number of aryl methyl sites for hydroxylation is 1. The number of nitrogens with zero attached hydrogens (tertiary/aromatic N) is 1. The Labute approximate surface area is 189 Å². The average Bonchev–Trinajstić information content (AvgIpc) is 3.47. The van der Waals surface area contributed by atoms with Gasteiger partial charge >= 0.3 is 0 Å². The summed E-state index contributed by atoms with van der Waals surface area (Å²) in [6, 6.07) is 8.69. The number of rotatable bonds is 6. The van der Waals surface area contributed by atoms with E-state index < -0.39 is 0 Å². The highest BCUT2D eigenvalue weighted by Gasteiger charge is 2.45. The third kappa shape index (κ3) is 4.16. The van der Waals surface area contributed by atoms with Gasteiger partial charge in [-0.15, -0.1) is 0 Å². The van der Waals surface area contributed by atoms with Crippen molar-refractivity contribution < 1.29 is 9.59 Å². The van der Waals surface area contributed by atoms with Crippen molar-refractivity contribution in [1.82, 2.24) is 25.8 Å². The van der Waals surface area contributed by atoms with Gasteiger partial charge in [-0.1, -0.05) is 25.1 Å². The van der Waals surface area contributed by atoms with Gasteiger partial charge in [-0.3, -0.25) is 9.59 Å². The summed E-state index contributed by atoms with van der Waals surface area (Å²) in [5.41, 5.74) is 2.79. The van der Waals surface area contributed by atoms with Crippen LogP contribution in [0.5, 0.6) is 0 Å². The summed E-state index contributed by atoms with van der Waals surface area (Å²) < 4.78 is 0. The predicted octanol–water partition coefficient (Wildman–Crippen LogP) is 2.03. The molecule has 1 saturated carbocycles. The van der Waals surface area contributed by atoms with E-state index in [0.29, 0.717) is 17.5 Å². The Balaban J connectivity index is 1.28. The number of para-hydroxylation sites is 1. The SMILES string of the molecule is Cc1cccc2cc(C(=O)NC(C3CC3)C3C(C)CC(C(=O)NC4CNC4)CN3C)[nH]c12. The maximum atomic E-state index is 13.2. The highest BCUT2D eigenvalue weighted by Crippen LogP contribution is 2.40. The van der Waals surface area contributed by atoms with Crippen LogP contribution in [0.4, 0.5) is 0 Å². The van der Waals surface area contributed by atoms with Crippen LogP contribution in [-0.4, -0.2) is 66.5 Å². The molecule has 172 valence electrons. The second-order valence-corrected chi connectivity index (χ2v) is 10.3. The molecule has 4 atom stereocenters. The number of likely N-dealkylation sites (N-methyl/N-ethyl adjacent to an activating group) is 1. The zero-order chi connectivity index (χ0) is 22.4. The highest BCUT2D eigenvalue weighted by molar-refractivity contribution is 5.98. The fourth-order valence-electron chi connectivity index (χ4n) is 5.69. The first-order chi connectivity index (χ1) is 15.4. The highest BCUT2D eigenvalue weighted by atomic mass is 16.2. The lowest BCUT2D eigenvalue weighted by Gasteiger charge is -2.45. The van der Waals surface area contributed by atoms with E-state index >= 15 is 0 Å². The first-order valence-electron chi connectivity index (χ1n) is 12.0. The van der Waals surface area contributed by atoms with Gasteiger partial charge in [0.05, 0.1) is 12.0 Å². The molecule has 1 aromatic carbocycles. The Hall–Kier alpha value is -2.38. The molecule has 0 radical (unpaired) electrons. The van der Waals surface area contributed by atoms with E-state index in [2.05, 4.69) is 52.8 Å². The van der Waals surface area contributed by atoms with Crippen molar-refractivity contribution in [2.75, 3.05) is 26.7 Å². The monoisotopic (exact) mass is 437 g/mol. The second kappa shape index (κ2) is 8.52. The lowest BCUT2D eigenvalue weighted by atomic mass is 9.79. The largest absolute Gasteiger partial charge is 0.351 e. The lowest BCUT2D eigenvalue weighted by Crippen LogP contribution is -2.62. The number of nitrogens with one attached hydrogen (secondary N) is 4. The molecular weight excluding hydrogens is 402 g/mol. The molecule has 2 aliphatic heterocycles. The molecule has 3 aliphatic rings. The van der Waals surface area contributed by atoms with Gasteiger partial charge in [0.2, 0.25) is 5.91 Å². The Morgan fingerprint density at radius 3 is 2.62 bits per heavy atom. The van der Waals surface area contributed by atoms with E-state index in [-0.39, 0.29) is 35.9 Å². The molecule has 4 unspecified atom stereocenters. The molecule has 1 aromatic heterocycles. The zero-order valence-electron chi connectivity index (χ0n) is 19.3. The fourth-order valence-corrected chi connectivity index (χ4v) is 5.69. The van der Waals surface area contributed by atoms with Gasteiger partial charge < -0.3 is 25.8 Å². The number of piperidine rings is 1. The first kappa shape index (κ1) is 21.5. The molecule has 32 heavy (non-hydrogen) atoms. The number of carbonyl (C=O) groups is 2. The molecule has 7 nitrogen and oxygen atoms in total. The number of fused-ring (bicyclic) bond motifs is 1. The number of amides is 2. The van der Waals surface area contributed by atoms with Gasteiger partial charge in [0.1, 0.15) is 5.69 Å². The number of benzene rings is 1. The van der Waals surface area contributed by atoms with Crippen LogP contribution in [0.25, 0.3) is 10.9 Å². The van der Waals surface area contributed by atoms with Gasteiger partial charge in [0, 0.05) is 42.6 Å². The summed E-state index contributed by atoms with van der Waals surface area (Å²) in [6.45, 7) is 6.77. The van der Waals surface area contributed by atoms with Gasteiger partial charge in [0.15, 0.2) is 0 Å². The summed E-state index contributed by atoms with van der Waals surface area (Å²) in [5.74, 6) is 1.01. The Morgan fingerprint density at radius 2 is 2.00 bits per heavy atom. The Morgan fingerprint density at radius 1 is 1.22 bits per heavy atom. The maximum absolute atomic E-state index is 13.2. The topological polar surface area (TPSA) is 89.3 Å². The molecule has 7 heteroatoms. The van der Waals surface area contributed by atoms with Crippen LogP contribution in [0.1, 0.15) is 42.2 Å². The summed E-state index contributed by atoms with van der Waals surface area (Å²) in [4.78, 5) is 31.6. The zero-order valence-corrected chi connectivity index (χ0v) is 19.3. The van der Waals surface area contributed by atoms with E-state index in [1.165, 1.54) is 0 Å². The van der Waals surface area contributed by atoms with Crippen molar-refractivity contribution in [1.29, 1.82) is 0 Å². The number of carbonyl (C=O) groups excluding carboxylic acids is 2. The number of hydrogen-bond donors (Lipinski definition) is 4. The quantitative estimate of drug-likeness (QED) is 0.557. The number of likely N-dealkylation sites (tertiary alicyclic amines) is 1. The third-order valence-corrected chi connectivity index (χ3v) is 7.66. The minimum absolute atomic E-state index is 0.0130. The normalized spacial score (nSPS) is 27.7. The van der Waals surface area contributed by atoms with Crippen LogP contribution < -0.4 is 16.0 Å². The number of H-pyrrole nitrogens is 1. The lowest BCUT2D eigenvalue weighted by molar-refractivity contribution is -0.129. The van der Waals surface area contributed by atoms with Gasteiger partial charge in [-0.05, 0) is 56.7 Å². The van der Waals surface area contributed by atoms with Crippen LogP contribution in [0.3, 0.4) is 0 Å². The van der Waals surface area contributed by atoms with Crippen LogP contribution in [0, 0.1) is 24.7 Å². The van der Waals surface area contributed by atoms with Crippen LogP contribution >= 0.6 is 0 Å². The minimum Gasteiger partial charge on any atom is -0.351 e. The van der Waals surface area contributed by atoms with E-state index in [4.69, 9.17) is 0 Å². The molecular formula is C25H35N5O2.